The van der Waals surface area contributed by atoms with E-state index < -0.39 is 6.10 Å². The molecule has 158 valence electrons. The van der Waals surface area contributed by atoms with Crippen molar-refractivity contribution in [1.29, 1.82) is 0 Å². The molecule has 3 aromatic heterocycles. The Kier molecular flexibility index (Phi) is 4.81. The summed E-state index contributed by atoms with van der Waals surface area (Å²) in [6.07, 6.45) is 6.55. The molecule has 4 aromatic rings. The van der Waals surface area contributed by atoms with E-state index in [4.69, 9.17) is 4.74 Å². The Balaban J connectivity index is 1.40. The number of aliphatic hydroxyl groups is 1. The third kappa shape index (κ3) is 3.83. The fourth-order valence-electron chi connectivity index (χ4n) is 3.56. The van der Waals surface area contributed by atoms with Crippen LogP contribution in [0.5, 0.6) is 0 Å². The lowest BCUT2D eigenvalue weighted by molar-refractivity contribution is -0.115. The molecule has 0 fully saturated rings. The van der Waals surface area contributed by atoms with Gasteiger partial charge in [-0.15, -0.1) is 5.10 Å². The molecular weight excluding hydrogens is 400 g/mol. The van der Waals surface area contributed by atoms with Gasteiger partial charge in [0.2, 0.25) is 11.9 Å². The van der Waals surface area contributed by atoms with E-state index in [1.807, 2.05) is 18.2 Å². The Morgan fingerprint density at radius 3 is 3.16 bits per heavy atom. The number of anilines is 3. The third-order valence-corrected chi connectivity index (χ3v) is 4.90. The van der Waals surface area contributed by atoms with Crippen LogP contribution >= 0.6 is 0 Å². The van der Waals surface area contributed by atoms with E-state index in [2.05, 4.69) is 30.8 Å². The van der Waals surface area contributed by atoms with Gasteiger partial charge in [0.15, 0.2) is 5.65 Å². The van der Waals surface area contributed by atoms with Crippen LogP contribution in [0.1, 0.15) is 5.56 Å². The second-order valence-corrected chi connectivity index (χ2v) is 7.26. The molecule has 3 N–H and O–H groups in total. The lowest BCUT2D eigenvalue weighted by atomic mass is 10.1. The average Bonchev–Trinajstić information content (AvgIpc) is 3.44. The second kappa shape index (κ2) is 7.78. The van der Waals surface area contributed by atoms with Gasteiger partial charge in [-0.05, 0) is 23.8 Å². The Hall–Kier alpha value is -3.83. The highest BCUT2D eigenvalue weighted by Gasteiger charge is 2.18. The number of methoxy groups -OCH3 is 1. The molecule has 1 aromatic carbocycles. The van der Waals surface area contributed by atoms with Crippen molar-refractivity contribution in [2.24, 2.45) is 0 Å². The first kappa shape index (κ1) is 19.2. The Bertz CT molecular complexity index is 1260. The van der Waals surface area contributed by atoms with Gasteiger partial charge < -0.3 is 20.5 Å². The highest BCUT2D eigenvalue weighted by molar-refractivity contribution is 5.99. The molecule has 1 amide bonds. The van der Waals surface area contributed by atoms with Crippen LogP contribution in [0.4, 0.5) is 17.3 Å². The van der Waals surface area contributed by atoms with Crippen molar-refractivity contribution in [2.75, 3.05) is 24.4 Å². The molecule has 0 saturated carbocycles. The summed E-state index contributed by atoms with van der Waals surface area (Å²) in [5, 5.41) is 24.7. The molecule has 1 aliphatic rings. The molecule has 0 spiro atoms. The molecule has 11 nitrogen and oxygen atoms in total. The zero-order valence-corrected chi connectivity index (χ0v) is 16.7. The van der Waals surface area contributed by atoms with Crippen LogP contribution in [-0.4, -0.2) is 60.2 Å². The summed E-state index contributed by atoms with van der Waals surface area (Å²) < 4.78 is 8.23. The number of aliphatic hydroxyl groups excluding tert-OH is 1. The number of benzene rings is 1. The van der Waals surface area contributed by atoms with Gasteiger partial charge in [-0.1, -0.05) is 0 Å². The summed E-state index contributed by atoms with van der Waals surface area (Å²) in [4.78, 5) is 20.6. The first-order valence-corrected chi connectivity index (χ1v) is 9.70. The van der Waals surface area contributed by atoms with Gasteiger partial charge >= 0.3 is 0 Å². The molecule has 4 heterocycles. The number of nitrogens with one attached hydrogen (secondary N) is 2. The van der Waals surface area contributed by atoms with E-state index in [0.717, 1.165) is 22.5 Å². The smallest absolute Gasteiger partial charge is 0.247 e. The van der Waals surface area contributed by atoms with Gasteiger partial charge in [-0.25, -0.2) is 4.52 Å². The first-order valence-electron chi connectivity index (χ1n) is 9.70. The van der Waals surface area contributed by atoms with Crippen molar-refractivity contribution >= 4 is 28.9 Å². The van der Waals surface area contributed by atoms with Crippen LogP contribution in [0.3, 0.4) is 0 Å². The number of ether oxygens (including phenoxy) is 1. The fourth-order valence-corrected chi connectivity index (χ4v) is 3.56. The van der Waals surface area contributed by atoms with Gasteiger partial charge in [0.25, 0.3) is 0 Å². The molecule has 1 unspecified atom stereocenters. The maximum Gasteiger partial charge on any atom is 0.247 e. The average molecular weight is 420 g/mol. The van der Waals surface area contributed by atoms with E-state index in [9.17, 15) is 9.90 Å². The number of carbonyl (C=O) groups is 1. The van der Waals surface area contributed by atoms with Gasteiger partial charge in [0.1, 0.15) is 5.69 Å². The van der Waals surface area contributed by atoms with Gasteiger partial charge in [0, 0.05) is 42.6 Å². The molecule has 5 rings (SSSR count). The zero-order chi connectivity index (χ0) is 21.4. The minimum absolute atomic E-state index is 0.0102. The van der Waals surface area contributed by atoms with E-state index in [1.165, 1.54) is 0 Å². The molecule has 0 bridgehead atoms. The monoisotopic (exact) mass is 420 g/mol. The maximum absolute atomic E-state index is 11.6. The number of aromatic nitrogens is 6. The second-order valence-electron chi connectivity index (χ2n) is 7.26. The van der Waals surface area contributed by atoms with Gasteiger partial charge in [-0.2, -0.15) is 10.1 Å². The topological polar surface area (TPSA) is 131 Å². The number of hydrogen-bond donors (Lipinski definition) is 3. The summed E-state index contributed by atoms with van der Waals surface area (Å²) in [7, 11) is 1.54. The molecule has 0 saturated heterocycles. The van der Waals surface area contributed by atoms with Crippen LogP contribution < -0.4 is 10.6 Å². The summed E-state index contributed by atoms with van der Waals surface area (Å²) in [6.45, 7) is 0.543. The molecule has 0 radical (unpaired) electrons. The predicted molar refractivity (Wildman–Crippen MR) is 112 cm³/mol. The summed E-state index contributed by atoms with van der Waals surface area (Å²) in [6, 6.07) is 5.63. The van der Waals surface area contributed by atoms with Crippen LogP contribution in [0, 0.1) is 0 Å². The normalized spacial score (nSPS) is 13.9. The molecule has 1 aliphatic heterocycles. The van der Waals surface area contributed by atoms with Crippen molar-refractivity contribution in [3.8, 4) is 11.3 Å². The number of rotatable bonds is 7. The quantitative estimate of drug-likeness (QED) is 0.407. The van der Waals surface area contributed by atoms with E-state index >= 15 is 0 Å². The van der Waals surface area contributed by atoms with E-state index in [-0.39, 0.29) is 12.5 Å². The van der Waals surface area contributed by atoms with Crippen LogP contribution in [-0.2, 0) is 22.5 Å². The molecule has 1 atom stereocenters. The van der Waals surface area contributed by atoms with E-state index in [0.29, 0.717) is 30.3 Å². The van der Waals surface area contributed by atoms with Crippen molar-refractivity contribution < 1.29 is 14.6 Å². The Labute approximate surface area is 176 Å². The number of carbonyl (C=O) groups excluding carboxylic acids is 1. The largest absolute Gasteiger partial charge is 0.389 e. The highest BCUT2D eigenvalue weighted by Crippen LogP contribution is 2.28. The minimum Gasteiger partial charge on any atom is -0.389 e. The minimum atomic E-state index is -0.650. The lowest BCUT2D eigenvalue weighted by Crippen LogP contribution is -2.21. The molecule has 0 aliphatic carbocycles. The number of amides is 1. The molecular formula is C20H20N8O3. The van der Waals surface area contributed by atoms with Gasteiger partial charge in [0.05, 0.1) is 31.9 Å². The van der Waals surface area contributed by atoms with Gasteiger partial charge in [-0.3, -0.25) is 14.5 Å². The van der Waals surface area contributed by atoms with Crippen LogP contribution in [0.25, 0.3) is 16.9 Å². The Morgan fingerprint density at radius 1 is 1.39 bits per heavy atom. The van der Waals surface area contributed by atoms with E-state index in [1.54, 1.807) is 41.1 Å². The van der Waals surface area contributed by atoms with Crippen molar-refractivity contribution in [1.82, 2.24) is 29.4 Å². The number of fused-ring (bicyclic) bond motifs is 2. The standard InChI is InChI=1S/C20H20N8O3/c1-31-11-15(29)10-27-9-13(8-22-27)18-19-25-20(26-28(19)5-4-21-18)23-14-2-3-16-12(6-14)7-17(30)24-16/h2-6,8-9,15,29H,7,10-11H2,1H3,(H,23,26)(H,24,30). The SMILES string of the molecule is COCC(O)Cn1cc(-c2nccn3nc(Nc4ccc5c(c4)CC(=O)N5)nc23)cn1. The summed E-state index contributed by atoms with van der Waals surface area (Å²) in [5.41, 5.74) is 4.51. The lowest BCUT2D eigenvalue weighted by Gasteiger charge is -2.08. The number of hydrogen-bond acceptors (Lipinski definition) is 8. The van der Waals surface area contributed by atoms with Crippen LogP contribution in [0.15, 0.2) is 43.0 Å². The molecule has 31 heavy (non-hydrogen) atoms. The third-order valence-electron chi connectivity index (χ3n) is 4.90. The Morgan fingerprint density at radius 2 is 2.29 bits per heavy atom. The molecule has 11 heteroatoms. The zero-order valence-electron chi connectivity index (χ0n) is 16.7. The number of nitrogens with zero attached hydrogens (tertiary/aromatic N) is 6. The fraction of sp³-hybridized carbons (Fsp3) is 0.250. The first-order chi connectivity index (χ1) is 15.1. The summed E-state index contributed by atoms with van der Waals surface area (Å²) in [5.74, 6) is 0.401. The van der Waals surface area contributed by atoms with Crippen molar-refractivity contribution in [3.05, 3.63) is 48.5 Å². The summed E-state index contributed by atoms with van der Waals surface area (Å²) >= 11 is 0. The predicted octanol–water partition coefficient (Wildman–Crippen LogP) is 1.23. The van der Waals surface area contributed by atoms with Crippen LogP contribution in [0.2, 0.25) is 0 Å². The van der Waals surface area contributed by atoms with Crippen molar-refractivity contribution in [2.45, 2.75) is 19.1 Å². The highest BCUT2D eigenvalue weighted by atomic mass is 16.5. The maximum atomic E-state index is 11.6. The van der Waals surface area contributed by atoms with Crippen molar-refractivity contribution in [3.63, 3.8) is 0 Å².